The van der Waals surface area contributed by atoms with Crippen LogP contribution in [0.5, 0.6) is 0 Å². The van der Waals surface area contributed by atoms with Crippen LogP contribution in [0.4, 0.5) is 8.78 Å². The molecule has 1 unspecified atom stereocenters. The van der Waals surface area contributed by atoms with Crippen molar-refractivity contribution < 1.29 is 8.78 Å². The van der Waals surface area contributed by atoms with Gasteiger partial charge in [-0.05, 0) is 38.6 Å². The van der Waals surface area contributed by atoms with Gasteiger partial charge in [-0.2, -0.15) is 0 Å². The van der Waals surface area contributed by atoms with Gasteiger partial charge in [0.25, 0.3) is 5.92 Å². The molecule has 1 heterocycles. The van der Waals surface area contributed by atoms with Gasteiger partial charge in [0, 0.05) is 6.42 Å². The number of nitrogens with one attached hydrogen (secondary N) is 1. The van der Waals surface area contributed by atoms with Crippen LogP contribution in [0, 0.1) is 5.92 Å². The van der Waals surface area contributed by atoms with Crippen LogP contribution in [0.15, 0.2) is 0 Å². The standard InChI is InChI=1S/C10H17F2N.ClH/c1-9(8-4-2-5-8)10(11,12)6-3-7-13-9;/h8,13H,2-7H2,1H3;1H. The molecule has 0 aromatic rings. The molecule has 84 valence electrons. The minimum atomic E-state index is -2.50. The summed E-state index contributed by atoms with van der Waals surface area (Å²) in [4.78, 5) is 0. The molecule has 1 saturated carbocycles. The molecule has 4 heteroatoms. The molecule has 1 nitrogen and oxygen atoms in total. The lowest BCUT2D eigenvalue weighted by Gasteiger charge is -2.50. The number of hydrogen-bond donors (Lipinski definition) is 1. The van der Waals surface area contributed by atoms with E-state index in [1.165, 1.54) is 0 Å². The molecule has 0 aromatic carbocycles. The Bertz CT molecular complexity index is 206. The van der Waals surface area contributed by atoms with Crippen LogP contribution >= 0.6 is 12.4 Å². The fraction of sp³-hybridized carbons (Fsp3) is 1.00. The zero-order chi connectivity index (χ0) is 9.53. The molecule has 1 N–H and O–H groups in total. The monoisotopic (exact) mass is 225 g/mol. The number of halogens is 3. The first kappa shape index (κ1) is 12.2. The molecule has 2 aliphatic rings. The fourth-order valence-electron chi connectivity index (χ4n) is 2.48. The van der Waals surface area contributed by atoms with E-state index >= 15 is 0 Å². The van der Waals surface area contributed by atoms with E-state index in [1.807, 2.05) is 0 Å². The molecule has 2 rings (SSSR count). The van der Waals surface area contributed by atoms with Crippen molar-refractivity contribution in [1.29, 1.82) is 0 Å². The van der Waals surface area contributed by atoms with Crippen LogP contribution in [0.2, 0.25) is 0 Å². The van der Waals surface area contributed by atoms with Gasteiger partial charge in [-0.3, -0.25) is 0 Å². The smallest absolute Gasteiger partial charge is 0.265 e. The van der Waals surface area contributed by atoms with Crippen LogP contribution in [0.25, 0.3) is 0 Å². The van der Waals surface area contributed by atoms with Crippen molar-refractivity contribution >= 4 is 12.4 Å². The molecule has 0 amide bonds. The maximum absolute atomic E-state index is 13.7. The van der Waals surface area contributed by atoms with Gasteiger partial charge in [0.15, 0.2) is 0 Å². The molecule has 14 heavy (non-hydrogen) atoms. The molecular weight excluding hydrogens is 208 g/mol. The summed E-state index contributed by atoms with van der Waals surface area (Å²) in [6.45, 7) is 2.46. The molecule has 2 fully saturated rings. The third-order valence-electron chi connectivity index (χ3n) is 3.84. The predicted molar refractivity (Wildman–Crippen MR) is 55.2 cm³/mol. The Morgan fingerprint density at radius 2 is 1.86 bits per heavy atom. The lowest BCUT2D eigenvalue weighted by molar-refractivity contribution is -0.140. The summed E-state index contributed by atoms with van der Waals surface area (Å²) in [5, 5.41) is 3.04. The molecule has 1 saturated heterocycles. The van der Waals surface area contributed by atoms with E-state index in [1.54, 1.807) is 6.92 Å². The van der Waals surface area contributed by atoms with Crippen molar-refractivity contribution in [2.45, 2.75) is 50.5 Å². The van der Waals surface area contributed by atoms with Crippen molar-refractivity contribution in [3.63, 3.8) is 0 Å². The zero-order valence-electron chi connectivity index (χ0n) is 8.48. The zero-order valence-corrected chi connectivity index (χ0v) is 9.30. The summed E-state index contributed by atoms with van der Waals surface area (Å²) < 4.78 is 27.3. The van der Waals surface area contributed by atoms with Crippen LogP contribution in [-0.2, 0) is 0 Å². The third kappa shape index (κ3) is 1.65. The van der Waals surface area contributed by atoms with Gasteiger partial charge in [0.05, 0.1) is 5.54 Å². The molecule has 0 radical (unpaired) electrons. The van der Waals surface area contributed by atoms with E-state index in [4.69, 9.17) is 0 Å². The van der Waals surface area contributed by atoms with Crippen molar-refractivity contribution in [2.24, 2.45) is 5.92 Å². The minimum Gasteiger partial charge on any atom is -0.306 e. The SMILES string of the molecule is CC1(C2CCC2)NCCCC1(F)F.Cl. The predicted octanol–water partition coefficient (Wildman–Crippen LogP) is 2.99. The minimum absolute atomic E-state index is 0. The normalized spacial score (nSPS) is 37.1. The molecule has 0 aromatic heterocycles. The topological polar surface area (TPSA) is 12.0 Å². The Labute approximate surface area is 90.0 Å². The second-order valence-electron chi connectivity index (χ2n) is 4.56. The quantitative estimate of drug-likeness (QED) is 0.724. The van der Waals surface area contributed by atoms with Gasteiger partial charge in [-0.15, -0.1) is 12.4 Å². The number of piperidine rings is 1. The van der Waals surface area contributed by atoms with Gasteiger partial charge in [0.2, 0.25) is 0 Å². The molecule has 0 spiro atoms. The van der Waals surface area contributed by atoms with Crippen LogP contribution in [-0.4, -0.2) is 18.0 Å². The molecule has 1 atom stereocenters. The fourth-order valence-corrected chi connectivity index (χ4v) is 2.48. The van der Waals surface area contributed by atoms with E-state index in [-0.39, 0.29) is 24.7 Å². The highest BCUT2D eigenvalue weighted by Gasteiger charge is 2.56. The highest BCUT2D eigenvalue weighted by atomic mass is 35.5. The van der Waals surface area contributed by atoms with Gasteiger partial charge < -0.3 is 5.32 Å². The molecule has 0 bridgehead atoms. The largest absolute Gasteiger partial charge is 0.306 e. The van der Waals surface area contributed by atoms with E-state index in [0.717, 1.165) is 25.8 Å². The van der Waals surface area contributed by atoms with E-state index in [0.29, 0.717) is 6.42 Å². The van der Waals surface area contributed by atoms with E-state index in [2.05, 4.69) is 5.32 Å². The third-order valence-corrected chi connectivity index (χ3v) is 3.84. The Morgan fingerprint density at radius 3 is 2.29 bits per heavy atom. The van der Waals surface area contributed by atoms with Gasteiger partial charge in [0.1, 0.15) is 0 Å². The Morgan fingerprint density at radius 1 is 1.21 bits per heavy atom. The molecule has 1 aliphatic heterocycles. The summed E-state index contributed by atoms with van der Waals surface area (Å²) >= 11 is 0. The first-order valence-corrected chi connectivity index (χ1v) is 5.19. The first-order valence-electron chi connectivity index (χ1n) is 5.19. The number of rotatable bonds is 1. The summed E-state index contributed by atoms with van der Waals surface area (Å²) in [7, 11) is 0. The maximum Gasteiger partial charge on any atom is 0.265 e. The van der Waals surface area contributed by atoms with E-state index < -0.39 is 11.5 Å². The van der Waals surface area contributed by atoms with Crippen LogP contribution in [0.1, 0.15) is 39.0 Å². The number of alkyl halides is 2. The molecule has 1 aliphatic carbocycles. The summed E-state index contributed by atoms with van der Waals surface area (Å²) in [6, 6.07) is 0. The average Bonchev–Trinajstić information content (AvgIpc) is 1.92. The van der Waals surface area contributed by atoms with Gasteiger partial charge in [-0.1, -0.05) is 6.42 Å². The second kappa shape index (κ2) is 3.93. The lowest BCUT2D eigenvalue weighted by atomic mass is 9.66. The Kier molecular flexibility index (Phi) is 3.42. The average molecular weight is 226 g/mol. The molecular formula is C10H18ClF2N. The maximum atomic E-state index is 13.7. The summed E-state index contributed by atoms with van der Waals surface area (Å²) in [5.41, 5.74) is -0.913. The summed E-state index contributed by atoms with van der Waals surface area (Å²) in [5.74, 6) is -2.31. The second-order valence-corrected chi connectivity index (χ2v) is 4.56. The highest BCUT2D eigenvalue weighted by molar-refractivity contribution is 5.85. The highest BCUT2D eigenvalue weighted by Crippen LogP contribution is 2.47. The number of hydrogen-bond acceptors (Lipinski definition) is 1. The lowest BCUT2D eigenvalue weighted by Crippen LogP contribution is -2.65. The van der Waals surface area contributed by atoms with Crippen molar-refractivity contribution in [3.05, 3.63) is 0 Å². The van der Waals surface area contributed by atoms with Crippen molar-refractivity contribution in [3.8, 4) is 0 Å². The van der Waals surface area contributed by atoms with Crippen LogP contribution < -0.4 is 5.32 Å². The van der Waals surface area contributed by atoms with Crippen molar-refractivity contribution in [2.75, 3.05) is 6.54 Å². The van der Waals surface area contributed by atoms with Gasteiger partial charge in [-0.25, -0.2) is 8.78 Å². The van der Waals surface area contributed by atoms with Gasteiger partial charge >= 0.3 is 0 Å². The van der Waals surface area contributed by atoms with E-state index in [9.17, 15) is 8.78 Å². The first-order chi connectivity index (χ1) is 6.06. The Balaban J connectivity index is 0.000000980. The summed E-state index contributed by atoms with van der Waals surface area (Å²) in [6.07, 6.45) is 3.73. The van der Waals surface area contributed by atoms with Crippen molar-refractivity contribution in [1.82, 2.24) is 5.32 Å². The Hall–Kier alpha value is 0.110. The van der Waals surface area contributed by atoms with Crippen LogP contribution in [0.3, 0.4) is 0 Å².